The third-order valence-corrected chi connectivity index (χ3v) is 5.15. The molecule has 1 aromatic heterocycles. The Bertz CT molecular complexity index is 712. The first-order valence-corrected chi connectivity index (χ1v) is 8.73. The maximum Gasteiger partial charge on any atom is 0.0788 e. The van der Waals surface area contributed by atoms with Gasteiger partial charge < -0.3 is 9.47 Å². The lowest BCUT2D eigenvalue weighted by atomic mass is 10.1. The molecule has 1 saturated heterocycles. The SMILES string of the molecule is c1ccc2c(c1)c1ccccc1n2CCC[NH+]1CCCCC1. The molecule has 0 radical (unpaired) electrons. The van der Waals surface area contributed by atoms with Gasteiger partial charge in [-0.25, -0.2) is 0 Å². The van der Waals surface area contributed by atoms with E-state index in [0.717, 1.165) is 6.54 Å². The molecule has 2 heterocycles. The Labute approximate surface area is 132 Å². The molecule has 0 atom stereocenters. The van der Waals surface area contributed by atoms with E-state index in [2.05, 4.69) is 53.1 Å². The summed E-state index contributed by atoms with van der Waals surface area (Å²) in [7, 11) is 0. The van der Waals surface area contributed by atoms with Crippen LogP contribution in [0.5, 0.6) is 0 Å². The zero-order valence-electron chi connectivity index (χ0n) is 13.2. The molecular weight excluding hydrogens is 268 g/mol. The summed E-state index contributed by atoms with van der Waals surface area (Å²) in [6.07, 6.45) is 5.56. The number of piperidine rings is 1. The number of aryl methyl sites for hydroxylation is 1. The maximum atomic E-state index is 2.52. The first-order valence-electron chi connectivity index (χ1n) is 8.73. The molecule has 4 rings (SSSR count). The van der Waals surface area contributed by atoms with Gasteiger partial charge in [0.15, 0.2) is 0 Å². The van der Waals surface area contributed by atoms with E-state index < -0.39 is 0 Å². The Morgan fingerprint density at radius 2 is 1.36 bits per heavy atom. The van der Waals surface area contributed by atoms with Crippen LogP contribution in [0.25, 0.3) is 21.8 Å². The molecule has 1 N–H and O–H groups in total. The maximum absolute atomic E-state index is 2.52. The van der Waals surface area contributed by atoms with Crippen LogP contribution in [0, 0.1) is 0 Å². The molecule has 1 aliphatic heterocycles. The van der Waals surface area contributed by atoms with Gasteiger partial charge in [0.2, 0.25) is 0 Å². The van der Waals surface area contributed by atoms with Crippen LogP contribution in [0.4, 0.5) is 0 Å². The molecule has 0 aliphatic carbocycles. The predicted octanol–water partition coefficient (Wildman–Crippen LogP) is 3.25. The highest BCUT2D eigenvalue weighted by Gasteiger charge is 2.14. The molecule has 0 saturated carbocycles. The average molecular weight is 293 g/mol. The quantitative estimate of drug-likeness (QED) is 0.756. The smallest absolute Gasteiger partial charge is 0.0788 e. The number of aromatic nitrogens is 1. The Morgan fingerprint density at radius 1 is 0.773 bits per heavy atom. The zero-order chi connectivity index (χ0) is 14.8. The van der Waals surface area contributed by atoms with Gasteiger partial charge in [0, 0.05) is 34.8 Å². The molecule has 2 nitrogen and oxygen atoms in total. The van der Waals surface area contributed by atoms with Crippen LogP contribution in [0.15, 0.2) is 48.5 Å². The molecule has 114 valence electrons. The Kier molecular flexibility index (Phi) is 3.86. The monoisotopic (exact) mass is 293 g/mol. The van der Waals surface area contributed by atoms with E-state index in [0.29, 0.717) is 0 Å². The normalized spacial score (nSPS) is 16.5. The third-order valence-electron chi connectivity index (χ3n) is 5.15. The van der Waals surface area contributed by atoms with Gasteiger partial charge in [-0.1, -0.05) is 36.4 Å². The fourth-order valence-corrected chi connectivity index (χ4v) is 4.03. The van der Waals surface area contributed by atoms with Gasteiger partial charge in [0.25, 0.3) is 0 Å². The van der Waals surface area contributed by atoms with Gasteiger partial charge in [-0.05, 0) is 31.4 Å². The minimum atomic E-state index is 1.14. The second kappa shape index (κ2) is 6.13. The van der Waals surface area contributed by atoms with Crippen LogP contribution in [-0.4, -0.2) is 24.2 Å². The van der Waals surface area contributed by atoms with Crippen molar-refractivity contribution in [2.75, 3.05) is 19.6 Å². The lowest BCUT2D eigenvalue weighted by Gasteiger charge is -2.23. The Hall–Kier alpha value is -1.80. The number of likely N-dealkylation sites (tertiary alicyclic amines) is 1. The van der Waals surface area contributed by atoms with Gasteiger partial charge in [-0.15, -0.1) is 0 Å². The van der Waals surface area contributed by atoms with E-state index in [9.17, 15) is 0 Å². The Balaban J connectivity index is 1.59. The first kappa shape index (κ1) is 13.8. The molecule has 3 aromatic rings. The van der Waals surface area contributed by atoms with Crippen LogP contribution in [-0.2, 0) is 6.54 Å². The predicted molar refractivity (Wildman–Crippen MR) is 93.5 cm³/mol. The lowest BCUT2D eigenvalue weighted by molar-refractivity contribution is -0.905. The summed E-state index contributed by atoms with van der Waals surface area (Å²) in [5.74, 6) is 0. The molecule has 2 aromatic carbocycles. The number of hydrogen-bond acceptors (Lipinski definition) is 0. The van der Waals surface area contributed by atoms with Crippen LogP contribution >= 0.6 is 0 Å². The van der Waals surface area contributed by atoms with Gasteiger partial charge in [-0.3, -0.25) is 0 Å². The molecule has 22 heavy (non-hydrogen) atoms. The number of rotatable bonds is 4. The summed E-state index contributed by atoms with van der Waals surface area (Å²) < 4.78 is 2.52. The first-order chi connectivity index (χ1) is 10.9. The van der Waals surface area contributed by atoms with Crippen molar-refractivity contribution in [3.63, 3.8) is 0 Å². The topological polar surface area (TPSA) is 9.37 Å². The van der Waals surface area contributed by atoms with E-state index in [1.54, 1.807) is 0 Å². The number of hydrogen-bond donors (Lipinski definition) is 1. The van der Waals surface area contributed by atoms with Crippen molar-refractivity contribution in [3.05, 3.63) is 48.5 Å². The number of nitrogens with zero attached hydrogens (tertiary/aromatic N) is 1. The van der Waals surface area contributed by atoms with Crippen LogP contribution in [0.2, 0.25) is 0 Å². The standard InChI is InChI=1S/C20H24N2/c1-6-13-21(14-7-1)15-8-16-22-19-11-4-2-9-17(19)18-10-3-5-12-20(18)22/h2-5,9-12H,1,6-8,13-16H2/p+1. The molecular formula is C20H25N2+. The van der Waals surface area contributed by atoms with Crippen molar-refractivity contribution in [1.82, 2.24) is 4.57 Å². The van der Waals surface area contributed by atoms with Crippen molar-refractivity contribution in [2.24, 2.45) is 0 Å². The third kappa shape index (κ3) is 2.52. The molecule has 2 heteroatoms. The fourth-order valence-electron chi connectivity index (χ4n) is 4.03. The summed E-state index contributed by atoms with van der Waals surface area (Å²) in [6.45, 7) is 5.22. The minimum absolute atomic E-state index is 1.14. The van der Waals surface area contributed by atoms with Gasteiger partial charge >= 0.3 is 0 Å². The summed E-state index contributed by atoms with van der Waals surface area (Å²) in [5.41, 5.74) is 2.77. The zero-order valence-corrected chi connectivity index (χ0v) is 13.2. The minimum Gasteiger partial charge on any atom is -0.340 e. The van der Waals surface area contributed by atoms with E-state index in [1.807, 2.05) is 4.90 Å². The molecule has 0 amide bonds. The van der Waals surface area contributed by atoms with E-state index in [-0.39, 0.29) is 0 Å². The highest BCUT2D eigenvalue weighted by molar-refractivity contribution is 6.07. The molecule has 0 spiro atoms. The highest BCUT2D eigenvalue weighted by Crippen LogP contribution is 2.28. The van der Waals surface area contributed by atoms with Crippen molar-refractivity contribution in [1.29, 1.82) is 0 Å². The Morgan fingerprint density at radius 3 is 2.00 bits per heavy atom. The summed E-state index contributed by atoms with van der Waals surface area (Å²) in [5, 5.41) is 2.78. The average Bonchev–Trinajstić information content (AvgIpc) is 2.91. The summed E-state index contributed by atoms with van der Waals surface area (Å²) >= 11 is 0. The molecule has 0 bridgehead atoms. The van der Waals surface area contributed by atoms with Crippen LogP contribution < -0.4 is 4.90 Å². The second-order valence-corrected chi connectivity index (χ2v) is 6.60. The van der Waals surface area contributed by atoms with E-state index >= 15 is 0 Å². The summed E-state index contributed by atoms with van der Waals surface area (Å²) in [4.78, 5) is 1.81. The number of benzene rings is 2. The van der Waals surface area contributed by atoms with Crippen molar-refractivity contribution in [3.8, 4) is 0 Å². The van der Waals surface area contributed by atoms with Crippen molar-refractivity contribution < 1.29 is 4.90 Å². The molecule has 0 unspecified atom stereocenters. The molecule has 1 fully saturated rings. The van der Waals surface area contributed by atoms with E-state index in [4.69, 9.17) is 0 Å². The second-order valence-electron chi connectivity index (χ2n) is 6.60. The van der Waals surface area contributed by atoms with Crippen molar-refractivity contribution >= 4 is 21.8 Å². The van der Waals surface area contributed by atoms with Gasteiger partial charge in [0.05, 0.1) is 19.6 Å². The number of quaternary nitrogens is 1. The number of para-hydroxylation sites is 2. The van der Waals surface area contributed by atoms with Crippen LogP contribution in [0.1, 0.15) is 25.7 Å². The highest BCUT2D eigenvalue weighted by atomic mass is 15.1. The summed E-state index contributed by atoms with van der Waals surface area (Å²) in [6, 6.07) is 17.7. The van der Waals surface area contributed by atoms with Gasteiger partial charge in [-0.2, -0.15) is 0 Å². The number of nitrogens with one attached hydrogen (secondary N) is 1. The molecule has 1 aliphatic rings. The van der Waals surface area contributed by atoms with Crippen LogP contribution in [0.3, 0.4) is 0 Å². The van der Waals surface area contributed by atoms with Gasteiger partial charge in [0.1, 0.15) is 0 Å². The van der Waals surface area contributed by atoms with E-state index in [1.165, 1.54) is 67.1 Å². The lowest BCUT2D eigenvalue weighted by Crippen LogP contribution is -3.12. The number of fused-ring (bicyclic) bond motifs is 3. The van der Waals surface area contributed by atoms with Crippen molar-refractivity contribution in [2.45, 2.75) is 32.2 Å². The fraction of sp³-hybridized carbons (Fsp3) is 0.400. The largest absolute Gasteiger partial charge is 0.340 e.